The summed E-state index contributed by atoms with van der Waals surface area (Å²) in [5.74, 6) is 3.00. The maximum atomic E-state index is 12.2. The molecule has 0 spiro atoms. The smallest absolute Gasteiger partial charge is 0.341 e. The zero-order chi connectivity index (χ0) is 19.9. The van der Waals surface area contributed by atoms with Crippen LogP contribution in [0.4, 0.5) is 0 Å². The molecule has 2 aliphatic rings. The quantitative estimate of drug-likeness (QED) is 0.535. The highest BCUT2D eigenvalue weighted by Crippen LogP contribution is 2.48. The first-order valence-corrected chi connectivity index (χ1v) is 10.2. The van der Waals surface area contributed by atoms with E-state index in [1.165, 1.54) is 25.7 Å². The summed E-state index contributed by atoms with van der Waals surface area (Å²) in [5, 5.41) is 4.53. The minimum absolute atomic E-state index is 0.0895. The number of nitrogens with zero attached hydrogens (tertiary/aromatic N) is 3. The number of pyridine rings is 1. The van der Waals surface area contributed by atoms with Crippen molar-refractivity contribution in [2.45, 2.75) is 52.1 Å². The molecule has 2 fully saturated rings. The van der Waals surface area contributed by atoms with Crippen molar-refractivity contribution in [1.29, 1.82) is 0 Å². The molecule has 2 saturated carbocycles. The van der Waals surface area contributed by atoms with Crippen LogP contribution in [-0.2, 0) is 4.74 Å². The Hall–Kier alpha value is -2.08. The Morgan fingerprint density at radius 2 is 2.07 bits per heavy atom. The van der Waals surface area contributed by atoms with Gasteiger partial charge in [0.05, 0.1) is 12.2 Å². The van der Waals surface area contributed by atoms with Gasteiger partial charge in [-0.2, -0.15) is 0 Å². The van der Waals surface area contributed by atoms with Gasteiger partial charge in [0.1, 0.15) is 10.8 Å². The van der Waals surface area contributed by atoms with E-state index in [0.29, 0.717) is 17.6 Å². The second-order valence-corrected chi connectivity index (χ2v) is 9.21. The zero-order valence-electron chi connectivity index (χ0n) is 16.5. The van der Waals surface area contributed by atoms with Crippen molar-refractivity contribution < 1.29 is 14.3 Å². The first kappa shape index (κ1) is 19.2. The highest BCUT2D eigenvalue weighted by atomic mass is 35.5. The number of rotatable bonds is 5. The fourth-order valence-corrected chi connectivity index (χ4v) is 4.55. The molecule has 3 unspecified atom stereocenters. The number of halogens is 1. The molecule has 2 heterocycles. The van der Waals surface area contributed by atoms with E-state index in [1.54, 1.807) is 23.0 Å². The molecule has 0 radical (unpaired) electrons. The third-order valence-electron chi connectivity index (χ3n) is 5.58. The summed E-state index contributed by atoms with van der Waals surface area (Å²) in [6, 6.07) is 5.12. The van der Waals surface area contributed by atoms with Crippen molar-refractivity contribution in [3.05, 3.63) is 35.1 Å². The fourth-order valence-electron chi connectivity index (χ4n) is 4.32. The Balaban J connectivity index is 1.40. The first-order valence-electron chi connectivity index (χ1n) is 9.87. The molecule has 2 bridgehead atoms. The van der Waals surface area contributed by atoms with Gasteiger partial charge in [0.2, 0.25) is 5.88 Å². The third kappa shape index (κ3) is 4.17. The van der Waals surface area contributed by atoms with Crippen molar-refractivity contribution in [2.75, 3.05) is 6.61 Å². The minimum Gasteiger partial charge on any atom is -0.476 e. The number of carbonyl (C=O) groups is 1. The predicted molar refractivity (Wildman–Crippen MR) is 106 cm³/mol. The molecule has 0 aliphatic heterocycles. The van der Waals surface area contributed by atoms with Crippen molar-refractivity contribution >= 4 is 17.6 Å². The number of fused-ring (bicyclic) bond motifs is 2. The maximum Gasteiger partial charge on any atom is 0.341 e. The number of ether oxygens (including phenoxy) is 2. The number of hydrogen-bond acceptors (Lipinski definition) is 5. The van der Waals surface area contributed by atoms with Gasteiger partial charge < -0.3 is 9.47 Å². The van der Waals surface area contributed by atoms with Gasteiger partial charge in [-0.05, 0) is 69.9 Å². The highest BCUT2D eigenvalue weighted by Gasteiger charge is 2.39. The standard InChI is InChI=1S/C21H26ClN3O3/c1-21(2,3)28-20(26)16-6-7-17(23-19(16)22)25-9-8-18(24-25)27-12-15-11-13-4-5-14(15)10-13/h6-9,13-15H,4-5,10-12H2,1-3H3. The molecule has 0 aromatic carbocycles. The van der Waals surface area contributed by atoms with E-state index in [4.69, 9.17) is 21.1 Å². The summed E-state index contributed by atoms with van der Waals surface area (Å²) >= 11 is 6.21. The summed E-state index contributed by atoms with van der Waals surface area (Å²) in [6.45, 7) is 6.15. The largest absolute Gasteiger partial charge is 0.476 e. The third-order valence-corrected chi connectivity index (χ3v) is 5.87. The lowest BCUT2D eigenvalue weighted by molar-refractivity contribution is 0.00693. The van der Waals surface area contributed by atoms with Crippen LogP contribution in [0.25, 0.3) is 5.82 Å². The van der Waals surface area contributed by atoms with Crippen LogP contribution >= 0.6 is 11.6 Å². The van der Waals surface area contributed by atoms with Gasteiger partial charge in [-0.15, -0.1) is 5.10 Å². The Morgan fingerprint density at radius 1 is 1.25 bits per heavy atom. The van der Waals surface area contributed by atoms with Crippen LogP contribution in [0.15, 0.2) is 24.4 Å². The van der Waals surface area contributed by atoms with E-state index >= 15 is 0 Å². The molecule has 150 valence electrons. The molecule has 2 aromatic rings. The Labute approximate surface area is 170 Å². The lowest BCUT2D eigenvalue weighted by Crippen LogP contribution is -2.24. The summed E-state index contributed by atoms with van der Waals surface area (Å²) < 4.78 is 12.9. The molecule has 2 aliphatic carbocycles. The second-order valence-electron chi connectivity index (χ2n) is 8.85. The van der Waals surface area contributed by atoms with Crippen LogP contribution in [0.1, 0.15) is 56.8 Å². The van der Waals surface area contributed by atoms with Gasteiger partial charge in [-0.3, -0.25) is 0 Å². The molecule has 7 heteroatoms. The van der Waals surface area contributed by atoms with Crippen molar-refractivity contribution in [1.82, 2.24) is 14.8 Å². The van der Waals surface area contributed by atoms with Gasteiger partial charge in [-0.1, -0.05) is 18.0 Å². The number of aromatic nitrogens is 3. The fraction of sp³-hybridized carbons (Fsp3) is 0.571. The van der Waals surface area contributed by atoms with E-state index in [0.717, 1.165) is 18.4 Å². The summed E-state index contributed by atoms with van der Waals surface area (Å²) in [6.07, 6.45) is 7.17. The van der Waals surface area contributed by atoms with Gasteiger partial charge in [0.25, 0.3) is 0 Å². The van der Waals surface area contributed by atoms with Crippen LogP contribution in [0.2, 0.25) is 5.15 Å². The second kappa shape index (κ2) is 7.39. The van der Waals surface area contributed by atoms with Gasteiger partial charge in [-0.25, -0.2) is 14.5 Å². The molecule has 28 heavy (non-hydrogen) atoms. The average Bonchev–Trinajstić information content (AvgIpc) is 3.35. The number of esters is 1. The summed E-state index contributed by atoms with van der Waals surface area (Å²) in [5.41, 5.74) is -0.355. The molecular weight excluding hydrogens is 378 g/mol. The normalized spacial score (nSPS) is 23.8. The summed E-state index contributed by atoms with van der Waals surface area (Å²) in [7, 11) is 0. The zero-order valence-corrected chi connectivity index (χ0v) is 17.3. The molecule has 4 rings (SSSR count). The molecule has 0 amide bonds. The van der Waals surface area contributed by atoms with Gasteiger partial charge in [0, 0.05) is 12.3 Å². The molecule has 2 aromatic heterocycles. The van der Waals surface area contributed by atoms with Crippen LogP contribution in [0, 0.1) is 17.8 Å². The summed E-state index contributed by atoms with van der Waals surface area (Å²) in [4.78, 5) is 16.5. The lowest BCUT2D eigenvalue weighted by atomic mass is 9.90. The predicted octanol–water partition coefficient (Wildman–Crippen LogP) is 4.69. The monoisotopic (exact) mass is 403 g/mol. The Kier molecular flexibility index (Phi) is 5.08. The van der Waals surface area contributed by atoms with E-state index in [-0.39, 0.29) is 10.7 Å². The maximum absolute atomic E-state index is 12.2. The van der Waals surface area contributed by atoms with Crippen molar-refractivity contribution in [2.24, 2.45) is 17.8 Å². The van der Waals surface area contributed by atoms with E-state index < -0.39 is 11.6 Å². The van der Waals surface area contributed by atoms with Crippen LogP contribution in [-0.4, -0.2) is 32.9 Å². The van der Waals surface area contributed by atoms with Crippen LogP contribution in [0.3, 0.4) is 0 Å². The Bertz CT molecular complexity index is 874. The molecular formula is C21H26ClN3O3. The van der Waals surface area contributed by atoms with Crippen LogP contribution in [0.5, 0.6) is 5.88 Å². The highest BCUT2D eigenvalue weighted by molar-refractivity contribution is 6.32. The molecule has 3 atom stereocenters. The number of carbonyl (C=O) groups excluding carboxylic acids is 1. The van der Waals surface area contributed by atoms with E-state index in [2.05, 4.69) is 10.1 Å². The van der Waals surface area contributed by atoms with Crippen molar-refractivity contribution in [3.8, 4) is 11.7 Å². The average molecular weight is 404 g/mol. The Morgan fingerprint density at radius 3 is 2.71 bits per heavy atom. The van der Waals surface area contributed by atoms with Gasteiger partial charge in [0.15, 0.2) is 5.82 Å². The van der Waals surface area contributed by atoms with E-state index in [1.807, 2.05) is 26.8 Å². The van der Waals surface area contributed by atoms with Gasteiger partial charge >= 0.3 is 5.97 Å². The molecule has 0 N–H and O–H groups in total. The first-order chi connectivity index (χ1) is 13.3. The van der Waals surface area contributed by atoms with Crippen LogP contribution < -0.4 is 4.74 Å². The number of hydrogen-bond donors (Lipinski definition) is 0. The topological polar surface area (TPSA) is 66.2 Å². The van der Waals surface area contributed by atoms with E-state index in [9.17, 15) is 4.79 Å². The molecule has 0 saturated heterocycles. The SMILES string of the molecule is CC(C)(C)OC(=O)c1ccc(-n2ccc(OCC3CC4CCC3C4)n2)nc1Cl. The minimum atomic E-state index is -0.591. The van der Waals surface area contributed by atoms with Crippen molar-refractivity contribution in [3.63, 3.8) is 0 Å². The molecule has 6 nitrogen and oxygen atoms in total. The lowest BCUT2D eigenvalue weighted by Gasteiger charge is -2.20.